The molecule has 1 fully saturated rings. The molecule has 1 unspecified atom stereocenters. The number of aromatic nitrogens is 1. The Kier molecular flexibility index (Phi) is 5.85. The van der Waals surface area contributed by atoms with E-state index in [4.69, 9.17) is 0 Å². The largest absolute Gasteiger partial charge is 0.424 e. The Hall–Kier alpha value is -2.71. The molecule has 0 spiro atoms. The van der Waals surface area contributed by atoms with Gasteiger partial charge in [0.25, 0.3) is 0 Å². The number of carbonyl (C=O) groups is 1. The molecule has 2 aromatic carbocycles. The zero-order chi connectivity index (χ0) is 22.1. The van der Waals surface area contributed by atoms with Gasteiger partial charge in [-0.3, -0.25) is 4.79 Å². The van der Waals surface area contributed by atoms with E-state index >= 15 is 0 Å². The van der Waals surface area contributed by atoms with Gasteiger partial charge in [-0.2, -0.15) is 13.2 Å². The van der Waals surface area contributed by atoms with Crippen LogP contribution in [0.15, 0.2) is 66.4 Å². The number of alkyl halides is 3. The van der Waals surface area contributed by atoms with Gasteiger partial charge in [0, 0.05) is 36.8 Å². The van der Waals surface area contributed by atoms with Crippen molar-refractivity contribution in [1.29, 1.82) is 0 Å². The number of hydrogen-bond donors (Lipinski definition) is 1. The van der Waals surface area contributed by atoms with Gasteiger partial charge in [-0.15, -0.1) is 11.3 Å². The monoisotopic (exact) mass is 446 g/mol. The van der Waals surface area contributed by atoms with E-state index in [0.717, 1.165) is 24.2 Å². The summed E-state index contributed by atoms with van der Waals surface area (Å²) in [4.78, 5) is 18.6. The van der Waals surface area contributed by atoms with Crippen LogP contribution in [0.5, 0.6) is 0 Å². The molecule has 1 atom stereocenters. The lowest BCUT2D eigenvalue weighted by molar-refractivity contribution is -0.267. The highest BCUT2D eigenvalue weighted by Gasteiger charge is 2.57. The molecule has 0 radical (unpaired) electrons. The maximum atomic E-state index is 14.2. The Morgan fingerprint density at radius 1 is 1.06 bits per heavy atom. The molecule has 1 saturated heterocycles. The summed E-state index contributed by atoms with van der Waals surface area (Å²) in [7, 11) is 0. The lowest BCUT2D eigenvalue weighted by atomic mass is 9.95. The van der Waals surface area contributed by atoms with E-state index < -0.39 is 29.0 Å². The average Bonchev–Trinajstić information content (AvgIpc) is 3.43. The number of fused-ring (bicyclic) bond motifs is 1. The molecule has 2 heterocycles. The maximum Gasteiger partial charge on any atom is 0.424 e. The van der Waals surface area contributed by atoms with Crippen molar-refractivity contribution in [2.24, 2.45) is 0 Å². The highest BCUT2D eigenvalue weighted by Crippen LogP contribution is 2.46. The zero-order valence-electron chi connectivity index (χ0n) is 16.6. The molecule has 4 nitrogen and oxygen atoms in total. The van der Waals surface area contributed by atoms with Crippen LogP contribution in [0, 0.1) is 0 Å². The molecule has 0 saturated carbocycles. The number of allylic oxidation sites excluding steroid dienone is 1. The Balaban J connectivity index is 1.76. The third-order valence-electron chi connectivity index (χ3n) is 5.42. The number of carbonyl (C=O) groups excluding carboxylic acids is 1. The second kappa shape index (κ2) is 8.43. The molecule has 162 valence electrons. The Morgan fingerprint density at radius 3 is 2.35 bits per heavy atom. The first-order valence-corrected chi connectivity index (χ1v) is 10.8. The lowest BCUT2D eigenvalue weighted by Gasteiger charge is -2.32. The van der Waals surface area contributed by atoms with Crippen LogP contribution in [0.2, 0.25) is 0 Å². The number of para-hydroxylation sites is 1. The number of benzene rings is 2. The predicted octanol–water partition coefficient (Wildman–Crippen LogP) is 5.30. The second-order valence-electron chi connectivity index (χ2n) is 7.58. The quantitative estimate of drug-likeness (QED) is 0.413. The van der Waals surface area contributed by atoms with Crippen molar-refractivity contribution in [3.05, 3.63) is 76.9 Å². The number of halogens is 3. The second-order valence-corrected chi connectivity index (χ2v) is 8.61. The van der Waals surface area contributed by atoms with Crippen LogP contribution in [0.1, 0.15) is 34.6 Å². The Morgan fingerprint density at radius 2 is 1.71 bits per heavy atom. The molecule has 8 heteroatoms. The number of nitrogens with zero attached hydrogens (tertiary/aromatic N) is 2. The molecular formula is C23H21F3N2O2S. The summed E-state index contributed by atoms with van der Waals surface area (Å²) in [6.07, 6.45) is -2.86. The SMILES string of the molecule is O=C(/C=C(\CC(O)(c1nc2ccccc2s1)C(F)(F)F)N1CCCC1)c1ccccc1. The van der Waals surface area contributed by atoms with Crippen LogP contribution in [-0.2, 0) is 5.60 Å². The standard InChI is InChI=1S/C23H21F3N2O2S/c24-23(25,26)22(30,21-27-18-10-4-5-11-20(18)31-21)15-17(28-12-6-7-13-28)14-19(29)16-8-2-1-3-9-16/h1-5,8-11,14,30H,6-7,12-13,15H2/b17-14+. The predicted molar refractivity (Wildman–Crippen MR) is 114 cm³/mol. The minimum Gasteiger partial charge on any atom is -0.375 e. The fourth-order valence-electron chi connectivity index (χ4n) is 3.70. The zero-order valence-corrected chi connectivity index (χ0v) is 17.4. The van der Waals surface area contributed by atoms with E-state index in [2.05, 4.69) is 4.98 Å². The molecule has 1 aliphatic heterocycles. The number of thiazole rings is 1. The van der Waals surface area contributed by atoms with Gasteiger partial charge in [0.1, 0.15) is 5.01 Å². The first-order valence-electron chi connectivity index (χ1n) is 9.98. The highest BCUT2D eigenvalue weighted by atomic mass is 32.1. The third-order valence-corrected chi connectivity index (χ3v) is 6.61. The molecule has 3 aromatic rings. The minimum absolute atomic E-state index is 0.172. The summed E-state index contributed by atoms with van der Waals surface area (Å²) in [5, 5.41) is 10.6. The van der Waals surface area contributed by atoms with Crippen LogP contribution in [0.4, 0.5) is 13.2 Å². The van der Waals surface area contributed by atoms with Gasteiger partial charge in [-0.1, -0.05) is 42.5 Å². The fourth-order valence-corrected chi connectivity index (χ4v) is 4.78. The molecule has 0 bridgehead atoms. The highest BCUT2D eigenvalue weighted by molar-refractivity contribution is 7.18. The Labute approximate surface area is 181 Å². The van der Waals surface area contributed by atoms with Gasteiger partial charge in [-0.25, -0.2) is 4.98 Å². The van der Waals surface area contributed by atoms with E-state index in [9.17, 15) is 23.1 Å². The van der Waals surface area contributed by atoms with E-state index in [1.807, 2.05) is 0 Å². The van der Waals surface area contributed by atoms with Crippen molar-refractivity contribution in [3.63, 3.8) is 0 Å². The van der Waals surface area contributed by atoms with Gasteiger partial charge in [0.2, 0.25) is 5.60 Å². The summed E-state index contributed by atoms with van der Waals surface area (Å²) in [5.41, 5.74) is -2.24. The van der Waals surface area contributed by atoms with Gasteiger partial charge >= 0.3 is 6.18 Å². The van der Waals surface area contributed by atoms with Gasteiger partial charge in [-0.05, 0) is 25.0 Å². The van der Waals surface area contributed by atoms with Crippen LogP contribution < -0.4 is 0 Å². The Bertz CT molecular complexity index is 1070. The summed E-state index contributed by atoms with van der Waals surface area (Å²) >= 11 is 0.819. The first kappa shape index (κ1) is 21.5. The van der Waals surface area contributed by atoms with Gasteiger partial charge in [0.15, 0.2) is 5.78 Å². The van der Waals surface area contributed by atoms with Crippen molar-refractivity contribution in [2.75, 3.05) is 13.1 Å². The number of likely N-dealkylation sites (tertiary alicyclic amines) is 1. The van der Waals surface area contributed by atoms with Crippen LogP contribution in [0.3, 0.4) is 0 Å². The number of ketones is 1. The maximum absolute atomic E-state index is 14.2. The third kappa shape index (κ3) is 4.36. The molecular weight excluding hydrogens is 425 g/mol. The van der Waals surface area contributed by atoms with E-state index in [1.54, 1.807) is 59.5 Å². The van der Waals surface area contributed by atoms with E-state index in [0.29, 0.717) is 28.9 Å². The molecule has 0 aliphatic carbocycles. The molecule has 31 heavy (non-hydrogen) atoms. The number of hydrogen-bond acceptors (Lipinski definition) is 5. The van der Waals surface area contributed by atoms with Crippen molar-refractivity contribution in [1.82, 2.24) is 9.88 Å². The number of rotatable bonds is 6. The first-order chi connectivity index (χ1) is 14.8. The van der Waals surface area contributed by atoms with Crippen molar-refractivity contribution in [3.8, 4) is 0 Å². The summed E-state index contributed by atoms with van der Waals surface area (Å²) < 4.78 is 43.2. The van der Waals surface area contributed by atoms with Crippen LogP contribution in [-0.4, -0.2) is 40.0 Å². The molecule has 1 aliphatic rings. The van der Waals surface area contributed by atoms with E-state index in [1.165, 1.54) is 6.08 Å². The summed E-state index contributed by atoms with van der Waals surface area (Å²) in [6.45, 7) is 1.09. The van der Waals surface area contributed by atoms with Crippen molar-refractivity contribution >= 4 is 27.3 Å². The van der Waals surface area contributed by atoms with E-state index in [-0.39, 0.29) is 5.70 Å². The summed E-state index contributed by atoms with van der Waals surface area (Å²) in [5.74, 6) is -0.392. The van der Waals surface area contributed by atoms with Crippen molar-refractivity contribution < 1.29 is 23.1 Å². The number of aliphatic hydroxyl groups is 1. The topological polar surface area (TPSA) is 53.4 Å². The molecule has 0 amide bonds. The molecule has 4 rings (SSSR count). The van der Waals surface area contributed by atoms with Crippen LogP contribution in [0.25, 0.3) is 10.2 Å². The van der Waals surface area contributed by atoms with Gasteiger partial charge in [0.05, 0.1) is 10.2 Å². The minimum atomic E-state index is -4.96. The van der Waals surface area contributed by atoms with Gasteiger partial charge < -0.3 is 10.0 Å². The fraction of sp³-hybridized carbons (Fsp3) is 0.304. The summed E-state index contributed by atoms with van der Waals surface area (Å²) in [6, 6.07) is 15.1. The van der Waals surface area contributed by atoms with Crippen molar-refractivity contribution in [2.45, 2.75) is 31.0 Å². The normalized spacial score (nSPS) is 17.2. The van der Waals surface area contributed by atoms with Crippen LogP contribution >= 0.6 is 11.3 Å². The average molecular weight is 446 g/mol. The lowest BCUT2D eigenvalue weighted by Crippen LogP contribution is -2.44. The smallest absolute Gasteiger partial charge is 0.375 e. The molecule has 1 aromatic heterocycles. The molecule has 1 N–H and O–H groups in total.